The molecular weight excluding hydrogens is 320 g/mol. The van der Waals surface area contributed by atoms with Gasteiger partial charge >= 0.3 is 0 Å². The summed E-state index contributed by atoms with van der Waals surface area (Å²) in [6, 6.07) is 6.79. The van der Waals surface area contributed by atoms with Crippen LogP contribution in [-0.4, -0.2) is 51.7 Å². The number of hydrogen-bond acceptors (Lipinski definition) is 4. The second-order valence-electron chi connectivity index (χ2n) is 5.08. The molecule has 0 fully saturated rings. The van der Waals surface area contributed by atoms with Crippen molar-refractivity contribution in [2.24, 2.45) is 0 Å². The first-order chi connectivity index (χ1) is 10.6. The molecule has 0 radical (unpaired) electrons. The molecule has 0 unspecified atom stereocenters. The number of nitrogens with zero attached hydrogens (tertiary/aromatic N) is 2. The van der Waals surface area contributed by atoms with Crippen molar-refractivity contribution in [1.29, 1.82) is 0 Å². The van der Waals surface area contributed by atoms with Crippen molar-refractivity contribution in [3.8, 4) is 0 Å². The average Bonchev–Trinajstić information content (AvgIpc) is 2.42. The van der Waals surface area contributed by atoms with Gasteiger partial charge in [0.25, 0.3) is 10.2 Å². The lowest BCUT2D eigenvalue weighted by Gasteiger charge is -2.22. The van der Waals surface area contributed by atoms with Crippen molar-refractivity contribution in [3.63, 3.8) is 0 Å². The second kappa shape index (κ2) is 8.04. The summed E-state index contributed by atoms with van der Waals surface area (Å²) in [7, 11) is -0.700. The van der Waals surface area contributed by atoms with Crippen molar-refractivity contribution in [2.75, 3.05) is 37.4 Å². The van der Waals surface area contributed by atoms with Crippen LogP contribution < -0.4 is 14.9 Å². The lowest BCUT2D eigenvalue weighted by molar-refractivity contribution is -0.116. The van der Waals surface area contributed by atoms with Crippen molar-refractivity contribution < 1.29 is 18.0 Å². The standard InChI is InChI=1S/C14H22N4O4S/c1-11(19)16-13-6-5-7-14(10-13)18(12(2)20)9-8-15-23(21,22)17(3)4/h5-7,10,15H,8-9H2,1-4H3,(H,16,19). The maximum absolute atomic E-state index is 11.8. The van der Waals surface area contributed by atoms with Gasteiger partial charge in [-0.1, -0.05) is 6.07 Å². The molecule has 1 aromatic rings. The van der Waals surface area contributed by atoms with Crippen LogP contribution in [0.4, 0.5) is 11.4 Å². The van der Waals surface area contributed by atoms with Gasteiger partial charge in [0.1, 0.15) is 0 Å². The normalized spacial score (nSPS) is 11.3. The molecule has 0 aliphatic heterocycles. The van der Waals surface area contributed by atoms with E-state index in [0.717, 1.165) is 4.31 Å². The van der Waals surface area contributed by atoms with Crippen LogP contribution in [0, 0.1) is 0 Å². The van der Waals surface area contributed by atoms with Crippen molar-refractivity contribution >= 4 is 33.4 Å². The van der Waals surface area contributed by atoms with Crippen molar-refractivity contribution in [3.05, 3.63) is 24.3 Å². The number of carbonyl (C=O) groups excluding carboxylic acids is 2. The van der Waals surface area contributed by atoms with Gasteiger partial charge in [0.05, 0.1) is 0 Å². The molecule has 0 saturated heterocycles. The van der Waals surface area contributed by atoms with E-state index in [1.807, 2.05) is 0 Å². The molecule has 0 bridgehead atoms. The fraction of sp³-hybridized carbons (Fsp3) is 0.429. The van der Waals surface area contributed by atoms with Gasteiger partial charge in [0.2, 0.25) is 11.8 Å². The molecule has 0 spiro atoms. The van der Waals surface area contributed by atoms with Gasteiger partial charge in [-0.15, -0.1) is 0 Å². The van der Waals surface area contributed by atoms with Gasteiger partial charge in [-0.2, -0.15) is 12.7 Å². The summed E-state index contributed by atoms with van der Waals surface area (Å²) in [6.45, 7) is 3.04. The minimum Gasteiger partial charge on any atom is -0.326 e. The fourth-order valence-corrected chi connectivity index (χ4v) is 2.45. The monoisotopic (exact) mass is 342 g/mol. The average molecular weight is 342 g/mol. The molecule has 0 heterocycles. The number of carbonyl (C=O) groups is 2. The summed E-state index contributed by atoms with van der Waals surface area (Å²) in [5.41, 5.74) is 1.14. The number of benzene rings is 1. The van der Waals surface area contributed by atoms with Crippen LogP contribution in [0.5, 0.6) is 0 Å². The first-order valence-corrected chi connectivity index (χ1v) is 8.40. The molecule has 0 aliphatic rings. The highest BCUT2D eigenvalue weighted by Crippen LogP contribution is 2.19. The summed E-state index contributed by atoms with van der Waals surface area (Å²) in [4.78, 5) is 24.4. The Kier molecular flexibility index (Phi) is 6.67. The van der Waals surface area contributed by atoms with Crippen LogP contribution in [0.1, 0.15) is 13.8 Å². The summed E-state index contributed by atoms with van der Waals surface area (Å²) in [6.07, 6.45) is 0. The quantitative estimate of drug-likeness (QED) is 0.749. The zero-order chi connectivity index (χ0) is 17.6. The largest absolute Gasteiger partial charge is 0.326 e. The van der Waals surface area contributed by atoms with Gasteiger partial charge in [-0.05, 0) is 18.2 Å². The number of anilines is 2. The molecule has 0 aromatic heterocycles. The van der Waals surface area contributed by atoms with Crippen LogP contribution in [0.25, 0.3) is 0 Å². The molecule has 0 aliphatic carbocycles. The van der Waals surface area contributed by atoms with Gasteiger partial charge in [0, 0.05) is 52.4 Å². The molecule has 128 valence electrons. The Morgan fingerprint density at radius 3 is 2.35 bits per heavy atom. The summed E-state index contributed by atoms with van der Waals surface area (Å²) < 4.78 is 26.8. The van der Waals surface area contributed by atoms with E-state index in [-0.39, 0.29) is 24.9 Å². The van der Waals surface area contributed by atoms with Crippen LogP contribution in [0.2, 0.25) is 0 Å². The van der Waals surface area contributed by atoms with E-state index in [1.54, 1.807) is 24.3 Å². The van der Waals surface area contributed by atoms with Crippen LogP contribution in [-0.2, 0) is 19.8 Å². The molecule has 2 amide bonds. The van der Waals surface area contributed by atoms with Crippen LogP contribution >= 0.6 is 0 Å². The van der Waals surface area contributed by atoms with E-state index in [0.29, 0.717) is 11.4 Å². The number of amides is 2. The van der Waals surface area contributed by atoms with Crippen molar-refractivity contribution in [2.45, 2.75) is 13.8 Å². The minimum atomic E-state index is -3.54. The molecule has 0 saturated carbocycles. The Hall–Kier alpha value is -1.97. The molecular formula is C14H22N4O4S. The fourth-order valence-electron chi connectivity index (χ4n) is 1.84. The zero-order valence-electron chi connectivity index (χ0n) is 13.7. The molecule has 23 heavy (non-hydrogen) atoms. The summed E-state index contributed by atoms with van der Waals surface area (Å²) in [5.74, 6) is -0.440. The van der Waals surface area contributed by atoms with E-state index in [2.05, 4.69) is 10.0 Å². The number of hydrogen-bond donors (Lipinski definition) is 2. The van der Waals surface area contributed by atoms with Gasteiger partial charge in [0.15, 0.2) is 0 Å². The minimum absolute atomic E-state index is 0.0739. The highest BCUT2D eigenvalue weighted by Gasteiger charge is 2.16. The third kappa shape index (κ3) is 5.97. The lowest BCUT2D eigenvalue weighted by Crippen LogP contribution is -2.41. The maximum Gasteiger partial charge on any atom is 0.278 e. The molecule has 8 nitrogen and oxygen atoms in total. The Morgan fingerprint density at radius 2 is 1.83 bits per heavy atom. The van der Waals surface area contributed by atoms with Crippen molar-refractivity contribution in [1.82, 2.24) is 9.03 Å². The Labute approximate surface area is 136 Å². The highest BCUT2D eigenvalue weighted by atomic mass is 32.2. The Morgan fingerprint density at radius 1 is 1.17 bits per heavy atom. The van der Waals surface area contributed by atoms with E-state index in [9.17, 15) is 18.0 Å². The van der Waals surface area contributed by atoms with Gasteiger partial charge in [-0.3, -0.25) is 9.59 Å². The molecule has 1 aromatic carbocycles. The topological polar surface area (TPSA) is 98.8 Å². The molecule has 0 atom stereocenters. The van der Waals surface area contributed by atoms with E-state index < -0.39 is 10.2 Å². The lowest BCUT2D eigenvalue weighted by atomic mass is 10.2. The number of rotatable bonds is 7. The summed E-state index contributed by atoms with van der Waals surface area (Å²) >= 11 is 0. The third-order valence-electron chi connectivity index (χ3n) is 2.96. The van der Waals surface area contributed by atoms with Gasteiger partial charge < -0.3 is 10.2 Å². The van der Waals surface area contributed by atoms with Crippen LogP contribution in [0.3, 0.4) is 0 Å². The maximum atomic E-state index is 11.8. The predicted octanol–water partition coefficient (Wildman–Crippen LogP) is 0.394. The van der Waals surface area contributed by atoms with E-state index >= 15 is 0 Å². The molecule has 9 heteroatoms. The van der Waals surface area contributed by atoms with Gasteiger partial charge in [-0.25, -0.2) is 4.72 Å². The zero-order valence-corrected chi connectivity index (χ0v) is 14.5. The SMILES string of the molecule is CC(=O)Nc1cccc(N(CCNS(=O)(=O)N(C)C)C(C)=O)c1. The second-order valence-corrected chi connectivity index (χ2v) is 7.05. The molecule has 1 rings (SSSR count). The first kappa shape index (κ1) is 19.1. The third-order valence-corrected chi connectivity index (χ3v) is 4.49. The van der Waals surface area contributed by atoms with Crippen LogP contribution in [0.15, 0.2) is 24.3 Å². The first-order valence-electron chi connectivity index (χ1n) is 6.96. The number of nitrogens with one attached hydrogen (secondary N) is 2. The van der Waals surface area contributed by atoms with E-state index in [4.69, 9.17) is 0 Å². The predicted molar refractivity (Wildman–Crippen MR) is 89.4 cm³/mol. The summed E-state index contributed by atoms with van der Waals surface area (Å²) in [5, 5.41) is 2.64. The Balaban J connectivity index is 2.83. The Bertz CT molecular complexity index is 673. The van der Waals surface area contributed by atoms with E-state index in [1.165, 1.54) is 32.8 Å². The smallest absolute Gasteiger partial charge is 0.278 e. The highest BCUT2D eigenvalue weighted by molar-refractivity contribution is 7.87. The molecule has 2 N–H and O–H groups in total.